The maximum atomic E-state index is 6.01. The third kappa shape index (κ3) is 4.67. The Hall–Kier alpha value is -0.120. The first-order valence-electron chi connectivity index (χ1n) is 9.08. The molecular weight excluding hydrogens is 260 g/mol. The fourth-order valence-corrected chi connectivity index (χ4v) is 4.11. The summed E-state index contributed by atoms with van der Waals surface area (Å²) in [5.41, 5.74) is 0.120. The minimum absolute atomic E-state index is 0.120. The molecule has 2 saturated heterocycles. The second-order valence-electron chi connectivity index (χ2n) is 7.59. The van der Waals surface area contributed by atoms with Gasteiger partial charge < -0.3 is 14.5 Å². The normalized spacial score (nSPS) is 25.6. The SMILES string of the molecule is CCCN1CCC(CN2CCC(C(C)C)CC2)(OC)CC1. The molecule has 0 aromatic heterocycles. The van der Waals surface area contributed by atoms with Crippen LogP contribution in [0.2, 0.25) is 0 Å². The predicted octanol–water partition coefficient (Wildman–Crippen LogP) is 3.25. The lowest BCUT2D eigenvalue weighted by Gasteiger charge is -2.45. The highest BCUT2D eigenvalue weighted by atomic mass is 16.5. The molecule has 21 heavy (non-hydrogen) atoms. The van der Waals surface area contributed by atoms with Crippen molar-refractivity contribution in [3.63, 3.8) is 0 Å². The number of ether oxygens (including phenoxy) is 1. The van der Waals surface area contributed by atoms with E-state index >= 15 is 0 Å². The van der Waals surface area contributed by atoms with Gasteiger partial charge in [-0.05, 0) is 63.6 Å². The molecule has 0 bridgehead atoms. The van der Waals surface area contributed by atoms with Crippen LogP contribution >= 0.6 is 0 Å². The zero-order valence-corrected chi connectivity index (χ0v) is 14.7. The number of rotatable bonds is 6. The predicted molar refractivity (Wildman–Crippen MR) is 89.7 cm³/mol. The smallest absolute Gasteiger partial charge is 0.0829 e. The van der Waals surface area contributed by atoms with E-state index < -0.39 is 0 Å². The summed E-state index contributed by atoms with van der Waals surface area (Å²) < 4.78 is 6.01. The Morgan fingerprint density at radius 2 is 1.67 bits per heavy atom. The highest BCUT2D eigenvalue weighted by Gasteiger charge is 2.37. The maximum absolute atomic E-state index is 6.01. The molecule has 0 saturated carbocycles. The topological polar surface area (TPSA) is 15.7 Å². The second kappa shape index (κ2) is 7.94. The molecular formula is C18H36N2O. The van der Waals surface area contributed by atoms with Gasteiger partial charge in [-0.25, -0.2) is 0 Å². The van der Waals surface area contributed by atoms with Crippen LogP contribution in [-0.2, 0) is 4.74 Å². The zero-order valence-electron chi connectivity index (χ0n) is 14.7. The molecule has 0 aromatic rings. The van der Waals surface area contributed by atoms with Gasteiger partial charge in [0, 0.05) is 26.7 Å². The van der Waals surface area contributed by atoms with E-state index in [-0.39, 0.29) is 5.60 Å². The Morgan fingerprint density at radius 3 is 2.14 bits per heavy atom. The molecule has 0 aromatic carbocycles. The number of piperidine rings is 2. The van der Waals surface area contributed by atoms with Gasteiger partial charge in [0.15, 0.2) is 0 Å². The average Bonchev–Trinajstić information content (AvgIpc) is 2.50. The molecule has 3 heteroatoms. The Bertz CT molecular complexity index is 290. The molecule has 3 nitrogen and oxygen atoms in total. The summed E-state index contributed by atoms with van der Waals surface area (Å²) in [5.74, 6) is 1.78. The Morgan fingerprint density at radius 1 is 1.05 bits per heavy atom. The molecule has 2 fully saturated rings. The first-order valence-corrected chi connectivity index (χ1v) is 9.08. The minimum Gasteiger partial charge on any atom is -0.377 e. The van der Waals surface area contributed by atoms with E-state index in [0.717, 1.165) is 18.4 Å². The van der Waals surface area contributed by atoms with Crippen LogP contribution in [0.4, 0.5) is 0 Å². The largest absolute Gasteiger partial charge is 0.377 e. The van der Waals surface area contributed by atoms with E-state index in [1.165, 1.54) is 64.8 Å². The summed E-state index contributed by atoms with van der Waals surface area (Å²) >= 11 is 0. The molecule has 2 aliphatic rings. The molecule has 0 N–H and O–H groups in total. The lowest BCUT2D eigenvalue weighted by atomic mass is 9.85. The van der Waals surface area contributed by atoms with Crippen molar-refractivity contribution in [2.24, 2.45) is 11.8 Å². The number of likely N-dealkylation sites (tertiary alicyclic amines) is 2. The van der Waals surface area contributed by atoms with E-state index in [2.05, 4.69) is 30.6 Å². The van der Waals surface area contributed by atoms with E-state index in [4.69, 9.17) is 4.74 Å². The molecule has 0 amide bonds. The fraction of sp³-hybridized carbons (Fsp3) is 1.00. The molecule has 0 aliphatic carbocycles. The van der Waals surface area contributed by atoms with E-state index in [1.54, 1.807) is 0 Å². The Kier molecular flexibility index (Phi) is 6.51. The van der Waals surface area contributed by atoms with Crippen molar-refractivity contribution >= 4 is 0 Å². The standard InChI is InChI=1S/C18H36N2O/c1-5-10-19-13-8-18(21-4,9-14-19)15-20-11-6-17(7-12-20)16(2)3/h16-17H,5-15H2,1-4H3. The molecule has 0 spiro atoms. The van der Waals surface area contributed by atoms with Gasteiger partial charge in [-0.3, -0.25) is 0 Å². The molecule has 0 radical (unpaired) electrons. The molecule has 2 rings (SSSR count). The Labute approximate surface area is 132 Å². The maximum Gasteiger partial charge on any atom is 0.0829 e. The van der Waals surface area contributed by atoms with Gasteiger partial charge in [-0.2, -0.15) is 0 Å². The highest BCUT2D eigenvalue weighted by Crippen LogP contribution is 2.30. The number of hydrogen-bond donors (Lipinski definition) is 0. The third-order valence-electron chi connectivity index (χ3n) is 5.83. The first-order chi connectivity index (χ1) is 10.1. The lowest BCUT2D eigenvalue weighted by molar-refractivity contribution is -0.0806. The molecule has 124 valence electrons. The summed E-state index contributed by atoms with van der Waals surface area (Å²) in [5, 5.41) is 0. The van der Waals surface area contributed by atoms with Crippen LogP contribution < -0.4 is 0 Å². The Balaban J connectivity index is 1.80. The summed E-state index contributed by atoms with van der Waals surface area (Å²) in [4.78, 5) is 5.26. The molecule has 0 unspecified atom stereocenters. The quantitative estimate of drug-likeness (QED) is 0.748. The highest BCUT2D eigenvalue weighted by molar-refractivity contribution is 4.91. The van der Waals surface area contributed by atoms with Gasteiger partial charge in [-0.15, -0.1) is 0 Å². The average molecular weight is 296 g/mol. The van der Waals surface area contributed by atoms with Crippen LogP contribution in [0, 0.1) is 11.8 Å². The van der Waals surface area contributed by atoms with Gasteiger partial charge >= 0.3 is 0 Å². The van der Waals surface area contributed by atoms with Gasteiger partial charge in [0.2, 0.25) is 0 Å². The van der Waals surface area contributed by atoms with Crippen molar-refractivity contribution in [2.75, 3.05) is 46.4 Å². The monoisotopic (exact) mass is 296 g/mol. The molecule has 0 atom stereocenters. The van der Waals surface area contributed by atoms with Crippen LogP contribution in [0.1, 0.15) is 52.9 Å². The van der Waals surface area contributed by atoms with Gasteiger partial charge in [0.1, 0.15) is 0 Å². The van der Waals surface area contributed by atoms with Crippen molar-refractivity contribution < 1.29 is 4.74 Å². The van der Waals surface area contributed by atoms with Crippen LogP contribution in [0.3, 0.4) is 0 Å². The number of hydrogen-bond acceptors (Lipinski definition) is 3. The number of methoxy groups -OCH3 is 1. The summed E-state index contributed by atoms with van der Waals surface area (Å²) in [7, 11) is 1.93. The van der Waals surface area contributed by atoms with Crippen LogP contribution in [0.5, 0.6) is 0 Å². The van der Waals surface area contributed by atoms with Gasteiger partial charge in [0.05, 0.1) is 5.60 Å². The van der Waals surface area contributed by atoms with Crippen molar-refractivity contribution in [2.45, 2.75) is 58.5 Å². The third-order valence-corrected chi connectivity index (χ3v) is 5.83. The van der Waals surface area contributed by atoms with E-state index in [1.807, 2.05) is 7.11 Å². The van der Waals surface area contributed by atoms with Crippen molar-refractivity contribution in [3.05, 3.63) is 0 Å². The zero-order chi connectivity index (χ0) is 15.3. The summed E-state index contributed by atoms with van der Waals surface area (Å²) in [6, 6.07) is 0. The first kappa shape index (κ1) is 17.2. The van der Waals surface area contributed by atoms with Crippen molar-refractivity contribution in [3.8, 4) is 0 Å². The molecule has 2 aliphatic heterocycles. The van der Waals surface area contributed by atoms with Gasteiger partial charge in [0.25, 0.3) is 0 Å². The van der Waals surface area contributed by atoms with Crippen molar-refractivity contribution in [1.29, 1.82) is 0 Å². The van der Waals surface area contributed by atoms with Crippen LogP contribution in [0.25, 0.3) is 0 Å². The second-order valence-corrected chi connectivity index (χ2v) is 7.59. The van der Waals surface area contributed by atoms with E-state index in [0.29, 0.717) is 0 Å². The number of nitrogens with zero attached hydrogens (tertiary/aromatic N) is 2. The molecule has 2 heterocycles. The van der Waals surface area contributed by atoms with E-state index in [9.17, 15) is 0 Å². The lowest BCUT2D eigenvalue weighted by Crippen LogP contribution is -2.53. The summed E-state index contributed by atoms with van der Waals surface area (Å²) in [6.45, 7) is 14.4. The van der Waals surface area contributed by atoms with Gasteiger partial charge in [-0.1, -0.05) is 20.8 Å². The van der Waals surface area contributed by atoms with Crippen LogP contribution in [0.15, 0.2) is 0 Å². The minimum atomic E-state index is 0.120. The fourth-order valence-electron chi connectivity index (χ4n) is 4.11. The summed E-state index contributed by atoms with van der Waals surface area (Å²) in [6.07, 6.45) is 6.42. The van der Waals surface area contributed by atoms with Crippen LogP contribution in [-0.4, -0.2) is 61.8 Å². The van der Waals surface area contributed by atoms with Crippen molar-refractivity contribution in [1.82, 2.24) is 9.80 Å².